The first-order chi connectivity index (χ1) is 11.8. The maximum atomic E-state index is 12.9. The Morgan fingerprint density at radius 1 is 1.08 bits per heavy atom. The fourth-order valence-electron chi connectivity index (χ4n) is 3.87. The first-order valence-electron chi connectivity index (χ1n) is 8.12. The molecular formula is C18H19N3O4. The zero-order valence-corrected chi connectivity index (χ0v) is 13.9. The molecule has 2 aliphatic rings. The van der Waals surface area contributed by atoms with Crippen LogP contribution in [0.1, 0.15) is 43.7 Å². The van der Waals surface area contributed by atoms with E-state index >= 15 is 0 Å². The molecule has 0 amide bonds. The number of aromatic hydroxyl groups is 2. The highest BCUT2D eigenvalue weighted by molar-refractivity contribution is 6.01. The molecule has 4 rings (SSSR count). The van der Waals surface area contributed by atoms with Gasteiger partial charge in [-0.1, -0.05) is 19.9 Å². The van der Waals surface area contributed by atoms with Gasteiger partial charge in [-0.2, -0.15) is 0 Å². The number of aromatic nitrogens is 2. The minimum atomic E-state index is -0.587. The van der Waals surface area contributed by atoms with E-state index in [1.807, 2.05) is 13.8 Å². The van der Waals surface area contributed by atoms with E-state index in [2.05, 4.69) is 15.5 Å². The van der Waals surface area contributed by atoms with E-state index in [1.165, 1.54) is 12.1 Å². The highest BCUT2D eigenvalue weighted by Crippen LogP contribution is 2.48. The van der Waals surface area contributed by atoms with Crippen molar-refractivity contribution < 1.29 is 15.0 Å². The summed E-state index contributed by atoms with van der Waals surface area (Å²) >= 11 is 0. The summed E-state index contributed by atoms with van der Waals surface area (Å²) in [6, 6.07) is 4.39. The van der Waals surface area contributed by atoms with Gasteiger partial charge in [0.05, 0.1) is 5.56 Å². The Labute approximate surface area is 143 Å². The SMILES string of the molecule is CC1(C)CC(=O)C2=C(C1)Nc1[nH][nH]c(=O)c1C2c1ccc(O)c(O)c1. The van der Waals surface area contributed by atoms with Crippen molar-refractivity contribution in [2.24, 2.45) is 5.41 Å². The molecule has 25 heavy (non-hydrogen) atoms. The topological polar surface area (TPSA) is 118 Å². The Morgan fingerprint density at radius 2 is 1.84 bits per heavy atom. The van der Waals surface area contributed by atoms with Crippen molar-refractivity contribution in [3.8, 4) is 11.5 Å². The molecule has 0 fully saturated rings. The van der Waals surface area contributed by atoms with E-state index in [1.54, 1.807) is 6.07 Å². The summed E-state index contributed by atoms with van der Waals surface area (Å²) in [5.74, 6) is -0.591. The third-order valence-electron chi connectivity index (χ3n) is 4.92. The number of anilines is 1. The van der Waals surface area contributed by atoms with Crippen LogP contribution in [-0.2, 0) is 4.79 Å². The minimum Gasteiger partial charge on any atom is -0.504 e. The first-order valence-corrected chi connectivity index (χ1v) is 8.12. The van der Waals surface area contributed by atoms with Crippen molar-refractivity contribution >= 4 is 11.6 Å². The van der Waals surface area contributed by atoms with Gasteiger partial charge in [-0.25, -0.2) is 0 Å². The standard InChI is InChI=1S/C18H19N3O4/c1-18(2)6-9-14(12(24)7-18)13(8-3-4-10(22)11(23)5-8)15-16(19-9)20-21-17(15)25/h3-5,13,22-23H,6-7H2,1-2H3,(H3,19,20,21,25). The van der Waals surface area contributed by atoms with E-state index in [-0.39, 0.29) is 28.3 Å². The lowest BCUT2D eigenvalue weighted by Gasteiger charge is -2.37. The molecule has 0 spiro atoms. The Hall–Kier alpha value is -2.96. The molecule has 1 atom stereocenters. The minimum absolute atomic E-state index is 0.0115. The molecule has 0 bridgehead atoms. The average molecular weight is 341 g/mol. The van der Waals surface area contributed by atoms with Gasteiger partial charge in [0.15, 0.2) is 17.3 Å². The number of ketones is 1. The number of rotatable bonds is 1. The van der Waals surface area contributed by atoms with Crippen LogP contribution in [0.2, 0.25) is 0 Å². The number of benzene rings is 1. The molecule has 7 nitrogen and oxygen atoms in total. The van der Waals surface area contributed by atoms with E-state index in [0.29, 0.717) is 35.4 Å². The molecule has 0 radical (unpaired) electrons. The third-order valence-corrected chi connectivity index (χ3v) is 4.92. The number of aromatic amines is 2. The van der Waals surface area contributed by atoms with Crippen LogP contribution in [0, 0.1) is 5.41 Å². The van der Waals surface area contributed by atoms with E-state index in [0.717, 1.165) is 5.70 Å². The van der Waals surface area contributed by atoms with Gasteiger partial charge in [0, 0.05) is 23.6 Å². The molecule has 1 aliphatic carbocycles. The second kappa shape index (κ2) is 5.02. The Bertz CT molecular complexity index is 980. The van der Waals surface area contributed by atoms with Crippen LogP contribution in [0.25, 0.3) is 0 Å². The quantitative estimate of drug-likeness (QED) is 0.510. The van der Waals surface area contributed by atoms with Crippen LogP contribution < -0.4 is 10.9 Å². The number of H-pyrrole nitrogens is 2. The number of fused-ring (bicyclic) bond motifs is 1. The summed E-state index contributed by atoms with van der Waals surface area (Å²) in [5.41, 5.74) is 1.87. The average Bonchev–Trinajstić information content (AvgIpc) is 2.88. The smallest absolute Gasteiger partial charge is 0.270 e. The second-order valence-electron chi connectivity index (χ2n) is 7.51. The number of phenols is 2. The lowest BCUT2D eigenvalue weighted by molar-refractivity contribution is -0.118. The molecular weight excluding hydrogens is 322 g/mol. The predicted molar refractivity (Wildman–Crippen MR) is 91.7 cm³/mol. The number of phenolic OH excluding ortho intramolecular Hbond substituents is 2. The summed E-state index contributed by atoms with van der Waals surface area (Å²) < 4.78 is 0. The van der Waals surface area contributed by atoms with Gasteiger partial charge >= 0.3 is 0 Å². The van der Waals surface area contributed by atoms with Crippen molar-refractivity contribution in [1.82, 2.24) is 10.2 Å². The fourth-order valence-corrected chi connectivity index (χ4v) is 3.87. The molecule has 1 unspecified atom stereocenters. The summed E-state index contributed by atoms with van der Waals surface area (Å²) in [7, 11) is 0. The summed E-state index contributed by atoms with van der Waals surface area (Å²) in [6.07, 6.45) is 1.08. The first kappa shape index (κ1) is 15.6. The number of carbonyl (C=O) groups is 1. The van der Waals surface area contributed by atoms with Crippen molar-refractivity contribution in [3.05, 3.63) is 50.9 Å². The van der Waals surface area contributed by atoms with Gasteiger partial charge in [-0.3, -0.25) is 19.8 Å². The molecule has 1 aromatic carbocycles. The largest absolute Gasteiger partial charge is 0.504 e. The van der Waals surface area contributed by atoms with E-state index < -0.39 is 5.92 Å². The monoisotopic (exact) mass is 341 g/mol. The maximum Gasteiger partial charge on any atom is 0.270 e. The maximum absolute atomic E-state index is 12.9. The normalized spacial score (nSPS) is 21.5. The lowest BCUT2D eigenvalue weighted by atomic mass is 9.69. The van der Waals surface area contributed by atoms with Crippen LogP contribution in [0.4, 0.5) is 5.82 Å². The van der Waals surface area contributed by atoms with Crippen molar-refractivity contribution in [2.75, 3.05) is 5.32 Å². The van der Waals surface area contributed by atoms with Gasteiger partial charge in [0.1, 0.15) is 5.82 Å². The van der Waals surface area contributed by atoms with Crippen LogP contribution in [0.5, 0.6) is 11.5 Å². The van der Waals surface area contributed by atoms with Crippen LogP contribution >= 0.6 is 0 Å². The molecule has 1 aliphatic heterocycles. The van der Waals surface area contributed by atoms with Gasteiger partial charge in [-0.05, 0) is 29.5 Å². The third kappa shape index (κ3) is 2.34. The molecule has 2 heterocycles. The highest BCUT2D eigenvalue weighted by atomic mass is 16.3. The van der Waals surface area contributed by atoms with Gasteiger partial charge < -0.3 is 15.5 Å². The van der Waals surface area contributed by atoms with Crippen LogP contribution in [0.3, 0.4) is 0 Å². The highest BCUT2D eigenvalue weighted by Gasteiger charge is 2.42. The number of hydrogen-bond donors (Lipinski definition) is 5. The molecule has 1 aromatic heterocycles. The lowest BCUT2D eigenvalue weighted by Crippen LogP contribution is -2.34. The fraction of sp³-hybridized carbons (Fsp3) is 0.333. The Balaban J connectivity index is 1.96. The molecule has 2 aromatic rings. The number of nitrogens with one attached hydrogen (secondary N) is 3. The van der Waals surface area contributed by atoms with Crippen LogP contribution in [-0.4, -0.2) is 26.2 Å². The summed E-state index contributed by atoms with van der Waals surface area (Å²) in [5, 5.41) is 28.0. The number of Topliss-reactive ketones (excluding diaryl/α,β-unsaturated/α-hetero) is 1. The molecule has 0 saturated carbocycles. The van der Waals surface area contributed by atoms with E-state index in [9.17, 15) is 19.8 Å². The summed E-state index contributed by atoms with van der Waals surface area (Å²) in [6.45, 7) is 4.07. The number of hydrogen-bond acceptors (Lipinski definition) is 5. The number of allylic oxidation sites excluding steroid dienone is 2. The Morgan fingerprint density at radius 3 is 2.56 bits per heavy atom. The van der Waals surface area contributed by atoms with Crippen molar-refractivity contribution in [2.45, 2.75) is 32.6 Å². The van der Waals surface area contributed by atoms with E-state index in [4.69, 9.17) is 0 Å². The summed E-state index contributed by atoms with van der Waals surface area (Å²) in [4.78, 5) is 25.2. The second-order valence-corrected chi connectivity index (χ2v) is 7.51. The van der Waals surface area contributed by atoms with Gasteiger partial charge in [0.2, 0.25) is 0 Å². The van der Waals surface area contributed by atoms with Crippen molar-refractivity contribution in [3.63, 3.8) is 0 Å². The molecule has 0 saturated heterocycles. The predicted octanol–water partition coefficient (Wildman–Crippen LogP) is 2.31. The molecule has 5 N–H and O–H groups in total. The molecule has 7 heteroatoms. The van der Waals surface area contributed by atoms with Gasteiger partial charge in [0.25, 0.3) is 5.56 Å². The van der Waals surface area contributed by atoms with Gasteiger partial charge in [-0.15, -0.1) is 0 Å². The zero-order valence-electron chi connectivity index (χ0n) is 13.9. The zero-order chi connectivity index (χ0) is 17.9. The van der Waals surface area contributed by atoms with Crippen LogP contribution in [0.15, 0.2) is 34.3 Å². The van der Waals surface area contributed by atoms with Crippen molar-refractivity contribution in [1.29, 1.82) is 0 Å². The Kier molecular flexibility index (Phi) is 3.12. The molecule has 130 valence electrons. The number of carbonyl (C=O) groups excluding carboxylic acids is 1.